The fourth-order valence-electron chi connectivity index (χ4n) is 2.12. The highest BCUT2D eigenvalue weighted by atomic mass is 16.5. The molecule has 6 nitrogen and oxygen atoms in total. The molecule has 1 fully saturated rings. The molecule has 0 unspecified atom stereocenters. The summed E-state index contributed by atoms with van der Waals surface area (Å²) in [5, 5.41) is 16.4. The van der Waals surface area contributed by atoms with Gasteiger partial charge in [0.15, 0.2) is 0 Å². The molecule has 1 amide bonds. The van der Waals surface area contributed by atoms with Crippen molar-refractivity contribution in [2.24, 2.45) is 0 Å². The average molecular weight is 267 g/mol. The number of carbonyl (C=O) groups excluding carboxylic acids is 1. The summed E-state index contributed by atoms with van der Waals surface area (Å²) in [7, 11) is 0. The van der Waals surface area contributed by atoms with Gasteiger partial charge in [-0.25, -0.2) is 0 Å². The first-order valence-corrected chi connectivity index (χ1v) is 6.63. The van der Waals surface area contributed by atoms with Gasteiger partial charge in [0.05, 0.1) is 17.8 Å². The van der Waals surface area contributed by atoms with Gasteiger partial charge >= 0.3 is 0 Å². The highest BCUT2D eigenvalue weighted by Crippen LogP contribution is 2.23. The van der Waals surface area contributed by atoms with Crippen molar-refractivity contribution in [1.82, 2.24) is 10.1 Å². The van der Waals surface area contributed by atoms with Crippen molar-refractivity contribution < 1.29 is 14.4 Å². The fourth-order valence-corrected chi connectivity index (χ4v) is 2.12. The Kier molecular flexibility index (Phi) is 3.91. The molecule has 2 rings (SSSR count). The van der Waals surface area contributed by atoms with Crippen LogP contribution in [0.15, 0.2) is 10.6 Å². The number of aromatic nitrogens is 1. The Balaban J connectivity index is 1.79. The third-order valence-electron chi connectivity index (χ3n) is 3.44. The number of likely N-dealkylation sites (tertiary alicyclic amines) is 1. The van der Waals surface area contributed by atoms with Gasteiger partial charge in [-0.05, 0) is 12.3 Å². The molecule has 1 aromatic heterocycles. The molecule has 19 heavy (non-hydrogen) atoms. The number of nitrogens with one attached hydrogen (secondary N) is 1. The van der Waals surface area contributed by atoms with Gasteiger partial charge in [0.1, 0.15) is 0 Å². The molecule has 0 aliphatic carbocycles. The number of amides is 1. The quantitative estimate of drug-likeness (QED) is 0.838. The summed E-state index contributed by atoms with van der Waals surface area (Å²) in [6, 6.07) is 1.74. The monoisotopic (exact) mass is 267 g/mol. The molecule has 0 bridgehead atoms. The molecule has 0 spiro atoms. The Bertz CT molecular complexity index is 450. The van der Waals surface area contributed by atoms with Crippen molar-refractivity contribution in [3.63, 3.8) is 0 Å². The second-order valence-electron chi connectivity index (χ2n) is 5.54. The molecule has 1 aromatic rings. The number of hydrogen-bond donors (Lipinski definition) is 2. The minimum atomic E-state index is -0.614. The zero-order chi connectivity index (χ0) is 14.0. The van der Waals surface area contributed by atoms with Crippen LogP contribution in [0.5, 0.6) is 0 Å². The van der Waals surface area contributed by atoms with Crippen molar-refractivity contribution in [3.05, 3.63) is 11.8 Å². The van der Waals surface area contributed by atoms with Crippen molar-refractivity contribution in [2.75, 3.05) is 25.0 Å². The van der Waals surface area contributed by atoms with Crippen LogP contribution in [0.4, 0.5) is 5.88 Å². The van der Waals surface area contributed by atoms with Crippen LogP contribution in [0.2, 0.25) is 0 Å². The average Bonchev–Trinajstić information content (AvgIpc) is 2.75. The molecule has 2 N–H and O–H groups in total. The second-order valence-corrected chi connectivity index (χ2v) is 5.54. The lowest BCUT2D eigenvalue weighted by Gasteiger charge is -2.45. The van der Waals surface area contributed by atoms with E-state index in [-0.39, 0.29) is 18.4 Å². The van der Waals surface area contributed by atoms with Crippen molar-refractivity contribution in [1.29, 1.82) is 0 Å². The Hall–Kier alpha value is -1.40. The molecule has 1 aliphatic rings. The summed E-state index contributed by atoms with van der Waals surface area (Å²) >= 11 is 0. The zero-order valence-electron chi connectivity index (χ0n) is 11.6. The maximum Gasteiger partial charge on any atom is 0.240 e. The van der Waals surface area contributed by atoms with Gasteiger partial charge in [0.25, 0.3) is 0 Å². The largest absolute Gasteiger partial charge is 0.387 e. The van der Waals surface area contributed by atoms with Crippen LogP contribution in [0.3, 0.4) is 0 Å². The molecule has 0 aromatic carbocycles. The van der Waals surface area contributed by atoms with Crippen LogP contribution in [0.1, 0.15) is 38.8 Å². The predicted octanol–water partition coefficient (Wildman–Crippen LogP) is 1.19. The number of hydrogen-bond acceptors (Lipinski definition) is 5. The van der Waals surface area contributed by atoms with Gasteiger partial charge in [0.2, 0.25) is 11.8 Å². The summed E-state index contributed by atoms with van der Waals surface area (Å²) in [6.45, 7) is 7.32. The van der Waals surface area contributed by atoms with Gasteiger partial charge in [-0.3, -0.25) is 15.0 Å². The van der Waals surface area contributed by atoms with E-state index in [1.165, 1.54) is 0 Å². The molecule has 6 heteroatoms. The summed E-state index contributed by atoms with van der Waals surface area (Å²) in [4.78, 5) is 13.7. The Morgan fingerprint density at radius 3 is 2.84 bits per heavy atom. The molecule has 0 radical (unpaired) electrons. The highest BCUT2D eigenvalue weighted by Gasteiger charge is 2.39. The van der Waals surface area contributed by atoms with Crippen LogP contribution >= 0.6 is 0 Å². The number of aliphatic hydroxyl groups is 1. The lowest BCUT2D eigenvalue weighted by Crippen LogP contribution is -2.62. The number of carbonyl (C=O) groups is 1. The highest BCUT2D eigenvalue weighted by molar-refractivity contribution is 5.91. The van der Waals surface area contributed by atoms with Crippen molar-refractivity contribution in [3.8, 4) is 0 Å². The summed E-state index contributed by atoms with van der Waals surface area (Å²) in [5.74, 6) is 0.494. The smallest absolute Gasteiger partial charge is 0.240 e. The van der Waals surface area contributed by atoms with Gasteiger partial charge in [-0.1, -0.05) is 25.9 Å². The summed E-state index contributed by atoms with van der Waals surface area (Å²) < 4.78 is 5.04. The first kappa shape index (κ1) is 14.0. The molecule has 0 atom stereocenters. The zero-order valence-corrected chi connectivity index (χ0v) is 11.6. The maximum atomic E-state index is 11.8. The first-order chi connectivity index (χ1) is 8.92. The van der Waals surface area contributed by atoms with E-state index >= 15 is 0 Å². The van der Waals surface area contributed by atoms with E-state index in [0.717, 1.165) is 5.69 Å². The Morgan fingerprint density at radius 2 is 2.32 bits per heavy atom. The summed E-state index contributed by atoms with van der Waals surface area (Å²) in [6.07, 6.45) is 0.713. The topological polar surface area (TPSA) is 78.6 Å². The van der Waals surface area contributed by atoms with E-state index in [1.807, 2.05) is 25.7 Å². The van der Waals surface area contributed by atoms with Gasteiger partial charge < -0.3 is 9.63 Å². The number of rotatable bonds is 5. The molecule has 0 saturated carbocycles. The molecule has 1 saturated heterocycles. The normalized spacial score (nSPS) is 18.4. The van der Waals surface area contributed by atoms with E-state index in [1.54, 1.807) is 6.07 Å². The second kappa shape index (κ2) is 5.30. The van der Waals surface area contributed by atoms with Gasteiger partial charge in [-0.15, -0.1) is 0 Å². The Morgan fingerprint density at radius 1 is 1.63 bits per heavy atom. The van der Waals surface area contributed by atoms with Crippen LogP contribution in [0, 0.1) is 0 Å². The fraction of sp³-hybridized carbons (Fsp3) is 0.692. The molecule has 106 valence electrons. The maximum absolute atomic E-state index is 11.8. The minimum Gasteiger partial charge on any atom is -0.387 e. The van der Waals surface area contributed by atoms with Crippen LogP contribution in [0.25, 0.3) is 0 Å². The number of β-amino-alcohol motifs (C(OH)–C–C–N with tert-alkyl or cyclic N) is 1. The summed E-state index contributed by atoms with van der Waals surface area (Å²) in [5.41, 5.74) is 0.205. The van der Waals surface area contributed by atoms with Crippen LogP contribution < -0.4 is 5.32 Å². The molecular formula is C13H21N3O3. The number of nitrogens with zero attached hydrogens (tertiary/aromatic N) is 2. The van der Waals surface area contributed by atoms with E-state index < -0.39 is 5.60 Å². The van der Waals surface area contributed by atoms with E-state index in [9.17, 15) is 9.90 Å². The minimum absolute atomic E-state index is 0.149. The van der Waals surface area contributed by atoms with E-state index in [2.05, 4.69) is 10.5 Å². The number of anilines is 1. The van der Waals surface area contributed by atoms with Crippen molar-refractivity contribution in [2.45, 2.75) is 38.7 Å². The standard InChI is InChI=1S/C13H21N3O3/c1-4-13(18)7-16(8-13)6-11(17)14-12-5-10(9(2)3)15-19-12/h5,9,18H,4,6-8H2,1-3H3,(H,14,17). The van der Waals surface area contributed by atoms with Crippen molar-refractivity contribution >= 4 is 11.8 Å². The van der Waals surface area contributed by atoms with Gasteiger partial charge in [-0.2, -0.15) is 0 Å². The molecule has 2 heterocycles. The van der Waals surface area contributed by atoms with Crippen LogP contribution in [-0.2, 0) is 4.79 Å². The lowest BCUT2D eigenvalue weighted by atomic mass is 9.91. The first-order valence-electron chi connectivity index (χ1n) is 6.63. The van der Waals surface area contributed by atoms with Crippen LogP contribution in [-0.4, -0.2) is 46.3 Å². The van der Waals surface area contributed by atoms with E-state index in [0.29, 0.717) is 25.4 Å². The third-order valence-corrected chi connectivity index (χ3v) is 3.44. The lowest BCUT2D eigenvalue weighted by molar-refractivity contribution is -0.128. The molecular weight excluding hydrogens is 246 g/mol. The SMILES string of the molecule is CCC1(O)CN(CC(=O)Nc2cc(C(C)C)no2)C1. The van der Waals surface area contributed by atoms with Gasteiger partial charge in [0, 0.05) is 19.2 Å². The van der Waals surface area contributed by atoms with E-state index in [4.69, 9.17) is 4.52 Å². The predicted molar refractivity (Wildman–Crippen MR) is 70.9 cm³/mol. The third kappa shape index (κ3) is 3.33. The Labute approximate surface area is 112 Å². The molecule has 1 aliphatic heterocycles.